The molecule has 0 spiro atoms. The van der Waals surface area contributed by atoms with Gasteiger partial charge in [-0.1, -0.05) is 19.8 Å². The second-order valence-corrected chi connectivity index (χ2v) is 6.18. The summed E-state index contributed by atoms with van der Waals surface area (Å²) >= 11 is 0. The van der Waals surface area contributed by atoms with Gasteiger partial charge in [-0.25, -0.2) is 0 Å². The van der Waals surface area contributed by atoms with Crippen molar-refractivity contribution < 1.29 is 14.2 Å². The van der Waals surface area contributed by atoms with E-state index in [1.807, 2.05) is 12.1 Å². The van der Waals surface area contributed by atoms with Crippen molar-refractivity contribution in [2.24, 2.45) is 11.7 Å². The quantitative estimate of drug-likeness (QED) is 0.808. The van der Waals surface area contributed by atoms with Crippen molar-refractivity contribution >= 4 is 18.1 Å². The van der Waals surface area contributed by atoms with Crippen molar-refractivity contribution in [1.82, 2.24) is 0 Å². The zero-order valence-corrected chi connectivity index (χ0v) is 16.0. The van der Waals surface area contributed by atoms with Crippen molar-refractivity contribution in [1.29, 1.82) is 0 Å². The first-order valence-electron chi connectivity index (χ1n) is 8.45. The molecule has 1 aliphatic heterocycles. The molecule has 0 saturated carbocycles. The molecule has 1 aromatic carbocycles. The molecule has 24 heavy (non-hydrogen) atoms. The molecular weight excluding hydrogens is 328 g/mol. The molecule has 1 fully saturated rings. The number of piperidine rings is 1. The second-order valence-electron chi connectivity index (χ2n) is 6.18. The van der Waals surface area contributed by atoms with Crippen molar-refractivity contribution in [3.8, 4) is 17.2 Å². The van der Waals surface area contributed by atoms with Crippen LogP contribution in [0.15, 0.2) is 12.1 Å². The van der Waals surface area contributed by atoms with Gasteiger partial charge in [0, 0.05) is 37.0 Å². The number of methoxy groups -OCH3 is 3. The van der Waals surface area contributed by atoms with Crippen LogP contribution in [-0.4, -0.2) is 40.5 Å². The van der Waals surface area contributed by atoms with Gasteiger partial charge in [0.25, 0.3) is 0 Å². The highest BCUT2D eigenvalue weighted by atomic mass is 35.5. The second kappa shape index (κ2) is 9.84. The highest BCUT2D eigenvalue weighted by Gasteiger charge is 2.27. The van der Waals surface area contributed by atoms with Crippen molar-refractivity contribution in [2.75, 3.05) is 39.3 Å². The Morgan fingerprint density at radius 3 is 2.25 bits per heavy atom. The van der Waals surface area contributed by atoms with Crippen LogP contribution >= 0.6 is 12.4 Å². The number of hydrogen-bond donors (Lipinski definition) is 1. The summed E-state index contributed by atoms with van der Waals surface area (Å²) in [6.07, 6.45) is 4.67. The molecule has 5 nitrogen and oxygen atoms in total. The van der Waals surface area contributed by atoms with E-state index in [0.717, 1.165) is 25.2 Å². The fourth-order valence-corrected chi connectivity index (χ4v) is 3.31. The SMILES string of the molecule is CCCC[C@H]1CN(c2cc(OC)c(OC)c(OC)c2)CC[C@@H]1N.Cl. The van der Waals surface area contributed by atoms with Crippen LogP contribution in [0.4, 0.5) is 5.69 Å². The summed E-state index contributed by atoms with van der Waals surface area (Å²) in [5.41, 5.74) is 7.43. The van der Waals surface area contributed by atoms with Gasteiger partial charge < -0.3 is 24.8 Å². The van der Waals surface area contributed by atoms with E-state index in [9.17, 15) is 0 Å². The Hall–Kier alpha value is -1.33. The molecule has 0 aliphatic carbocycles. The fraction of sp³-hybridized carbons (Fsp3) is 0.667. The summed E-state index contributed by atoms with van der Waals surface area (Å²) in [6.45, 7) is 4.17. The van der Waals surface area contributed by atoms with Crippen LogP contribution in [0.5, 0.6) is 17.2 Å². The molecule has 2 N–H and O–H groups in total. The van der Waals surface area contributed by atoms with E-state index in [1.54, 1.807) is 21.3 Å². The Labute approximate surface area is 151 Å². The Balaban J connectivity index is 0.00000288. The van der Waals surface area contributed by atoms with Crippen molar-refractivity contribution in [2.45, 2.75) is 38.6 Å². The zero-order valence-electron chi connectivity index (χ0n) is 15.2. The molecule has 0 bridgehead atoms. The first-order chi connectivity index (χ1) is 11.1. The summed E-state index contributed by atoms with van der Waals surface area (Å²) in [6, 6.07) is 4.35. The van der Waals surface area contributed by atoms with Crippen LogP contribution in [0.3, 0.4) is 0 Å². The van der Waals surface area contributed by atoms with Gasteiger partial charge in [-0.15, -0.1) is 12.4 Å². The average molecular weight is 359 g/mol. The molecule has 2 atom stereocenters. The lowest BCUT2D eigenvalue weighted by Gasteiger charge is -2.38. The minimum absolute atomic E-state index is 0. The zero-order chi connectivity index (χ0) is 16.8. The van der Waals surface area contributed by atoms with Gasteiger partial charge >= 0.3 is 0 Å². The molecule has 138 valence electrons. The number of halogens is 1. The van der Waals surface area contributed by atoms with E-state index < -0.39 is 0 Å². The average Bonchev–Trinajstić information content (AvgIpc) is 2.59. The van der Waals surface area contributed by atoms with Crippen LogP contribution in [0.25, 0.3) is 0 Å². The molecule has 0 unspecified atom stereocenters. The largest absolute Gasteiger partial charge is 0.493 e. The molecule has 2 rings (SSSR count). The summed E-state index contributed by atoms with van der Waals surface area (Å²) < 4.78 is 16.3. The number of hydrogen-bond acceptors (Lipinski definition) is 5. The normalized spacial score (nSPS) is 20.3. The van der Waals surface area contributed by atoms with Crippen LogP contribution < -0.4 is 24.8 Å². The van der Waals surface area contributed by atoms with Gasteiger partial charge in [0.15, 0.2) is 11.5 Å². The maximum Gasteiger partial charge on any atom is 0.203 e. The van der Waals surface area contributed by atoms with E-state index in [2.05, 4.69) is 11.8 Å². The third-order valence-corrected chi connectivity index (χ3v) is 4.74. The lowest BCUT2D eigenvalue weighted by atomic mass is 9.88. The van der Waals surface area contributed by atoms with Crippen molar-refractivity contribution in [3.05, 3.63) is 12.1 Å². The van der Waals surface area contributed by atoms with Gasteiger partial charge in [-0.2, -0.15) is 0 Å². The minimum atomic E-state index is 0. The number of unbranched alkanes of at least 4 members (excludes halogenated alkanes) is 1. The summed E-state index contributed by atoms with van der Waals surface area (Å²) in [5.74, 6) is 2.57. The number of nitrogens with two attached hydrogens (primary N) is 1. The topological polar surface area (TPSA) is 57.0 Å². The smallest absolute Gasteiger partial charge is 0.203 e. The Kier molecular flexibility index (Phi) is 8.50. The predicted octanol–water partition coefficient (Wildman–Crippen LogP) is 3.48. The maximum absolute atomic E-state index is 6.32. The van der Waals surface area contributed by atoms with E-state index in [0.29, 0.717) is 29.2 Å². The number of anilines is 1. The minimum Gasteiger partial charge on any atom is -0.493 e. The molecule has 6 heteroatoms. The fourth-order valence-electron chi connectivity index (χ4n) is 3.31. The van der Waals surface area contributed by atoms with Crippen LogP contribution in [0, 0.1) is 5.92 Å². The van der Waals surface area contributed by atoms with E-state index in [1.165, 1.54) is 19.3 Å². The van der Waals surface area contributed by atoms with Crippen molar-refractivity contribution in [3.63, 3.8) is 0 Å². The first-order valence-corrected chi connectivity index (χ1v) is 8.45. The molecule has 1 aromatic rings. The highest BCUT2D eigenvalue weighted by Crippen LogP contribution is 2.41. The lowest BCUT2D eigenvalue weighted by molar-refractivity contribution is 0.320. The number of ether oxygens (including phenoxy) is 3. The Bertz CT molecular complexity index is 488. The molecule has 0 radical (unpaired) electrons. The predicted molar refractivity (Wildman–Crippen MR) is 101 cm³/mol. The number of nitrogens with zero attached hydrogens (tertiary/aromatic N) is 1. The maximum atomic E-state index is 6.32. The van der Waals surface area contributed by atoms with Crippen LogP contribution in [-0.2, 0) is 0 Å². The van der Waals surface area contributed by atoms with Crippen LogP contribution in [0.1, 0.15) is 32.6 Å². The van der Waals surface area contributed by atoms with E-state index >= 15 is 0 Å². The lowest BCUT2D eigenvalue weighted by Crippen LogP contribution is -2.47. The molecule has 0 amide bonds. The standard InChI is InChI=1S/C18H30N2O3.ClH/c1-5-6-7-13-12-20(9-8-15(13)19)14-10-16(21-2)18(23-4)17(11-14)22-3;/h10-11,13,15H,5-9,12,19H2,1-4H3;1H/t13-,15-;/m0./s1. The highest BCUT2D eigenvalue weighted by molar-refractivity contribution is 5.85. The van der Waals surface area contributed by atoms with Gasteiger partial charge in [-0.3, -0.25) is 0 Å². The van der Waals surface area contributed by atoms with Gasteiger partial charge in [0.2, 0.25) is 5.75 Å². The summed E-state index contributed by atoms with van der Waals surface area (Å²) in [7, 11) is 4.93. The molecule has 1 aliphatic rings. The van der Waals surface area contributed by atoms with E-state index in [4.69, 9.17) is 19.9 Å². The molecule has 1 saturated heterocycles. The van der Waals surface area contributed by atoms with Gasteiger partial charge in [0.05, 0.1) is 21.3 Å². The summed E-state index contributed by atoms with van der Waals surface area (Å²) in [5, 5.41) is 0. The van der Waals surface area contributed by atoms with E-state index in [-0.39, 0.29) is 12.4 Å². The molecular formula is C18H31ClN2O3. The monoisotopic (exact) mass is 358 g/mol. The third kappa shape index (κ3) is 4.61. The third-order valence-electron chi connectivity index (χ3n) is 4.74. The molecule has 1 heterocycles. The Morgan fingerprint density at radius 2 is 1.75 bits per heavy atom. The van der Waals surface area contributed by atoms with Gasteiger partial charge in [-0.05, 0) is 18.8 Å². The number of rotatable bonds is 7. The van der Waals surface area contributed by atoms with Gasteiger partial charge in [0.1, 0.15) is 0 Å². The molecule has 0 aromatic heterocycles. The van der Waals surface area contributed by atoms with Crippen LogP contribution in [0.2, 0.25) is 0 Å². The summed E-state index contributed by atoms with van der Waals surface area (Å²) in [4.78, 5) is 2.38. The number of benzene rings is 1. The Morgan fingerprint density at radius 1 is 1.12 bits per heavy atom. The first kappa shape index (κ1) is 20.7.